The van der Waals surface area contributed by atoms with E-state index in [1.165, 1.54) is 25.5 Å². The van der Waals surface area contributed by atoms with Crippen molar-refractivity contribution in [1.82, 2.24) is 19.9 Å². The molecule has 0 radical (unpaired) electrons. The molecule has 2 aromatic rings. The monoisotopic (exact) mass is 347 g/mol. The third-order valence-electron chi connectivity index (χ3n) is 2.54. The number of nitrogen functional groups attached to an aromatic ring is 2. The summed E-state index contributed by atoms with van der Waals surface area (Å²) < 4.78 is 0. The predicted molar refractivity (Wildman–Crippen MR) is 84.6 cm³/mol. The first-order valence-corrected chi connectivity index (χ1v) is 7.06. The van der Waals surface area contributed by atoms with Crippen molar-refractivity contribution >= 4 is 52.0 Å². The molecule has 5 N–H and O–H groups in total. The average molecular weight is 349 g/mol. The highest BCUT2D eigenvalue weighted by Gasteiger charge is 2.22. The topological polar surface area (TPSA) is 116 Å². The molecule has 7 nitrogen and oxygen atoms in total. The van der Waals surface area contributed by atoms with Crippen LogP contribution >= 0.6 is 34.8 Å². The minimum atomic E-state index is 0.190. The molecule has 0 spiro atoms. The van der Waals surface area contributed by atoms with Crippen LogP contribution in [0.15, 0.2) is 12.7 Å². The van der Waals surface area contributed by atoms with E-state index in [9.17, 15) is 0 Å². The smallest absolute Gasteiger partial charge is 0.157 e. The first-order chi connectivity index (χ1) is 9.99. The van der Waals surface area contributed by atoms with Gasteiger partial charge in [0.05, 0.1) is 0 Å². The number of nitrogens with two attached hydrogens (primary N) is 2. The van der Waals surface area contributed by atoms with Gasteiger partial charge in [-0.05, 0) is 12.8 Å². The van der Waals surface area contributed by atoms with Gasteiger partial charge in [0.25, 0.3) is 0 Å². The molecule has 1 fully saturated rings. The number of nitrogens with zero attached hydrogens (tertiary/aromatic N) is 4. The van der Waals surface area contributed by atoms with Gasteiger partial charge in [0.2, 0.25) is 0 Å². The molecule has 0 saturated heterocycles. The fourth-order valence-electron chi connectivity index (χ4n) is 1.26. The Labute approximate surface area is 136 Å². The molecule has 10 heteroatoms. The van der Waals surface area contributed by atoms with Gasteiger partial charge < -0.3 is 16.8 Å². The van der Waals surface area contributed by atoms with E-state index in [-0.39, 0.29) is 16.0 Å². The summed E-state index contributed by atoms with van der Waals surface area (Å²) in [6.45, 7) is 0. The van der Waals surface area contributed by atoms with Crippen molar-refractivity contribution in [1.29, 1.82) is 0 Å². The molecule has 2 heterocycles. The molecule has 1 aliphatic carbocycles. The first-order valence-electron chi connectivity index (χ1n) is 5.93. The molecule has 1 saturated carbocycles. The van der Waals surface area contributed by atoms with Crippen molar-refractivity contribution in [2.24, 2.45) is 0 Å². The fraction of sp³-hybridized carbons (Fsp3) is 0.273. The largest absolute Gasteiger partial charge is 0.394 e. The van der Waals surface area contributed by atoms with Crippen LogP contribution < -0.4 is 16.8 Å². The van der Waals surface area contributed by atoms with Gasteiger partial charge in [-0.1, -0.05) is 34.8 Å². The van der Waals surface area contributed by atoms with Crippen molar-refractivity contribution in [3.8, 4) is 0 Å². The lowest BCUT2D eigenvalue weighted by atomic mass is 10.5. The van der Waals surface area contributed by atoms with E-state index >= 15 is 0 Å². The Morgan fingerprint density at radius 1 is 0.857 bits per heavy atom. The van der Waals surface area contributed by atoms with Gasteiger partial charge in [0.1, 0.15) is 24.0 Å². The number of hydrogen-bond donors (Lipinski definition) is 3. The van der Waals surface area contributed by atoms with Crippen molar-refractivity contribution in [3.63, 3.8) is 0 Å². The quantitative estimate of drug-likeness (QED) is 0.714. The summed E-state index contributed by atoms with van der Waals surface area (Å²) in [6.07, 6.45) is 5.02. The second-order valence-corrected chi connectivity index (χ2v) is 5.29. The molecular weight excluding hydrogens is 337 g/mol. The lowest BCUT2D eigenvalue weighted by Crippen LogP contribution is -2.06. The van der Waals surface area contributed by atoms with Crippen LogP contribution in [0.1, 0.15) is 12.8 Å². The van der Waals surface area contributed by atoms with Gasteiger partial charge in [-0.15, -0.1) is 0 Å². The Morgan fingerprint density at radius 2 is 1.33 bits per heavy atom. The molecule has 0 atom stereocenters. The van der Waals surface area contributed by atoms with E-state index in [0.717, 1.165) is 0 Å². The fourth-order valence-corrected chi connectivity index (χ4v) is 1.71. The minimum absolute atomic E-state index is 0.190. The SMILES string of the molecule is Nc1c(Cl)ncnc1Cl.Nc1c(Cl)ncnc1NC1CC1. The van der Waals surface area contributed by atoms with Crippen molar-refractivity contribution < 1.29 is 0 Å². The zero-order valence-electron chi connectivity index (χ0n) is 10.7. The van der Waals surface area contributed by atoms with E-state index in [1.807, 2.05) is 0 Å². The van der Waals surface area contributed by atoms with Crippen molar-refractivity contribution in [2.45, 2.75) is 18.9 Å². The zero-order chi connectivity index (χ0) is 15.4. The summed E-state index contributed by atoms with van der Waals surface area (Å²) >= 11 is 16.6. The van der Waals surface area contributed by atoms with E-state index in [0.29, 0.717) is 22.7 Å². The van der Waals surface area contributed by atoms with E-state index in [4.69, 9.17) is 46.3 Å². The van der Waals surface area contributed by atoms with Gasteiger partial charge in [0, 0.05) is 6.04 Å². The van der Waals surface area contributed by atoms with Crippen LogP contribution in [0.25, 0.3) is 0 Å². The third-order valence-corrected chi connectivity index (χ3v) is 3.44. The molecule has 1 aliphatic rings. The number of anilines is 3. The third kappa shape index (κ3) is 4.45. The normalized spacial score (nSPS) is 13.3. The van der Waals surface area contributed by atoms with Crippen LogP contribution in [0.2, 0.25) is 15.5 Å². The lowest BCUT2D eigenvalue weighted by Gasteiger charge is -2.06. The minimum Gasteiger partial charge on any atom is -0.394 e. The molecule has 0 aliphatic heterocycles. The lowest BCUT2D eigenvalue weighted by molar-refractivity contribution is 1.08. The van der Waals surface area contributed by atoms with Gasteiger partial charge in [0.15, 0.2) is 21.3 Å². The summed E-state index contributed by atoms with van der Waals surface area (Å²) in [5.41, 5.74) is 11.6. The van der Waals surface area contributed by atoms with Crippen LogP contribution in [-0.2, 0) is 0 Å². The van der Waals surface area contributed by atoms with Crippen LogP contribution in [0, 0.1) is 0 Å². The molecule has 2 aromatic heterocycles. The van der Waals surface area contributed by atoms with Crippen LogP contribution in [0.3, 0.4) is 0 Å². The summed E-state index contributed by atoms with van der Waals surface area (Å²) in [4.78, 5) is 14.9. The Balaban J connectivity index is 0.000000161. The van der Waals surface area contributed by atoms with Crippen LogP contribution in [-0.4, -0.2) is 26.0 Å². The second-order valence-electron chi connectivity index (χ2n) is 4.21. The standard InChI is InChI=1S/C7H9ClN4.C4H3Cl2N3/c8-6-5(9)7(11-3-10-6)12-4-1-2-4;5-3-2(7)4(6)9-1-8-3/h3-4H,1-2,9H2,(H,10,11,12);1H,7H2. The van der Waals surface area contributed by atoms with Crippen molar-refractivity contribution in [3.05, 3.63) is 28.1 Å². The number of rotatable bonds is 2. The summed E-state index contributed by atoms with van der Waals surface area (Å²) in [6, 6.07) is 0.526. The maximum absolute atomic E-state index is 5.70. The maximum atomic E-state index is 5.70. The maximum Gasteiger partial charge on any atom is 0.157 e. The number of nitrogens with one attached hydrogen (secondary N) is 1. The highest BCUT2D eigenvalue weighted by Crippen LogP contribution is 2.28. The molecular formula is C11H12Cl3N7. The highest BCUT2D eigenvalue weighted by molar-refractivity contribution is 6.37. The van der Waals surface area contributed by atoms with Gasteiger partial charge in [-0.3, -0.25) is 0 Å². The molecule has 112 valence electrons. The number of hydrogen-bond acceptors (Lipinski definition) is 7. The Hall–Kier alpha value is -1.57. The zero-order valence-corrected chi connectivity index (χ0v) is 13.0. The van der Waals surface area contributed by atoms with E-state index in [1.54, 1.807) is 0 Å². The van der Waals surface area contributed by atoms with Gasteiger partial charge in [-0.2, -0.15) is 0 Å². The average Bonchev–Trinajstić information content (AvgIpc) is 3.26. The van der Waals surface area contributed by atoms with Crippen molar-refractivity contribution in [2.75, 3.05) is 16.8 Å². The molecule has 0 aromatic carbocycles. The van der Waals surface area contributed by atoms with Gasteiger partial charge >= 0.3 is 0 Å². The molecule has 0 amide bonds. The van der Waals surface area contributed by atoms with Gasteiger partial charge in [-0.25, -0.2) is 19.9 Å². The molecule has 21 heavy (non-hydrogen) atoms. The molecule has 0 bridgehead atoms. The Kier molecular flexibility index (Phi) is 5.22. The van der Waals surface area contributed by atoms with Crippen LogP contribution in [0.5, 0.6) is 0 Å². The summed E-state index contributed by atoms with van der Waals surface area (Å²) in [5.74, 6) is 0.650. The van der Waals surface area contributed by atoms with E-state index in [2.05, 4.69) is 25.3 Å². The summed E-state index contributed by atoms with van der Waals surface area (Å²) in [5, 5.41) is 3.86. The number of halogens is 3. The Morgan fingerprint density at radius 3 is 1.81 bits per heavy atom. The Bertz CT molecular complexity index is 613. The van der Waals surface area contributed by atoms with Crippen LogP contribution in [0.4, 0.5) is 17.2 Å². The van der Waals surface area contributed by atoms with E-state index < -0.39 is 0 Å². The highest BCUT2D eigenvalue weighted by atomic mass is 35.5. The first kappa shape index (κ1) is 15.8. The molecule has 3 rings (SSSR count). The molecule has 0 unspecified atom stereocenters. The second kappa shape index (κ2) is 6.93. The predicted octanol–water partition coefficient (Wildman–Crippen LogP) is 2.65. The summed E-state index contributed by atoms with van der Waals surface area (Å²) in [7, 11) is 0. The number of aromatic nitrogens is 4.